The van der Waals surface area contributed by atoms with Crippen molar-refractivity contribution in [1.29, 1.82) is 0 Å². The summed E-state index contributed by atoms with van der Waals surface area (Å²) in [7, 11) is -0.614. The van der Waals surface area contributed by atoms with Gasteiger partial charge in [-0.3, -0.25) is 4.79 Å². The highest BCUT2D eigenvalue weighted by Crippen LogP contribution is 2.29. The van der Waals surface area contributed by atoms with E-state index in [1.165, 1.54) is 38.4 Å². The highest BCUT2D eigenvalue weighted by atomic mass is 32.2. The van der Waals surface area contributed by atoms with Gasteiger partial charge in [0.1, 0.15) is 0 Å². The summed E-state index contributed by atoms with van der Waals surface area (Å²) in [6.07, 6.45) is 1.01. The van der Waals surface area contributed by atoms with Crippen LogP contribution in [0, 0.1) is 0 Å². The van der Waals surface area contributed by atoms with E-state index in [0.29, 0.717) is 18.4 Å². The fraction of sp³-hybridized carbons (Fsp3) is 0.316. The van der Waals surface area contributed by atoms with Crippen LogP contribution in [0.3, 0.4) is 0 Å². The minimum absolute atomic E-state index is 0.129. The van der Waals surface area contributed by atoms with Gasteiger partial charge in [-0.1, -0.05) is 24.3 Å². The molecule has 2 aromatic carbocycles. The van der Waals surface area contributed by atoms with Crippen LogP contribution in [-0.4, -0.2) is 50.0 Å². The van der Waals surface area contributed by atoms with E-state index < -0.39 is 15.6 Å². The fourth-order valence-electron chi connectivity index (χ4n) is 3.13. The first-order valence-electron chi connectivity index (χ1n) is 8.31. The lowest BCUT2D eigenvalue weighted by atomic mass is 10.0. The molecular weight excluding hydrogens is 352 g/mol. The van der Waals surface area contributed by atoms with Gasteiger partial charge < -0.3 is 10.4 Å². The molecule has 3 rings (SSSR count). The molecule has 0 fully saturated rings. The zero-order valence-corrected chi connectivity index (χ0v) is 15.6. The standard InChI is InChI=1S/C19H22N2O4S/c1-21(2)26(24,25)17-9-7-14(8-10-17)18(22)20-13-19(23)11-15-5-3-4-6-16(15)12-19/h3-10,23H,11-13H2,1-2H3,(H,20,22). The number of amides is 1. The summed E-state index contributed by atoms with van der Waals surface area (Å²) >= 11 is 0. The summed E-state index contributed by atoms with van der Waals surface area (Å²) in [5.41, 5.74) is 1.56. The Balaban J connectivity index is 1.64. The molecule has 138 valence electrons. The number of carbonyl (C=O) groups excluding carboxylic acids is 1. The van der Waals surface area contributed by atoms with Crippen LogP contribution in [0.5, 0.6) is 0 Å². The lowest BCUT2D eigenvalue weighted by Gasteiger charge is -2.22. The summed E-state index contributed by atoms with van der Waals surface area (Å²) in [5.74, 6) is -0.344. The second kappa shape index (κ2) is 6.83. The maximum Gasteiger partial charge on any atom is 0.251 e. The van der Waals surface area contributed by atoms with Gasteiger partial charge in [-0.25, -0.2) is 12.7 Å². The van der Waals surface area contributed by atoms with Crippen LogP contribution in [0.15, 0.2) is 53.4 Å². The number of nitrogens with one attached hydrogen (secondary N) is 1. The molecule has 0 bridgehead atoms. The molecule has 2 N–H and O–H groups in total. The molecule has 1 aliphatic rings. The average Bonchev–Trinajstić information content (AvgIpc) is 2.96. The quantitative estimate of drug-likeness (QED) is 0.823. The van der Waals surface area contributed by atoms with Crippen LogP contribution in [0.2, 0.25) is 0 Å². The van der Waals surface area contributed by atoms with Crippen LogP contribution in [-0.2, 0) is 22.9 Å². The summed E-state index contributed by atoms with van der Waals surface area (Å²) in [4.78, 5) is 12.5. The van der Waals surface area contributed by atoms with E-state index in [9.17, 15) is 18.3 Å². The zero-order valence-electron chi connectivity index (χ0n) is 14.8. The first-order chi connectivity index (χ1) is 12.2. The average molecular weight is 374 g/mol. The van der Waals surface area contributed by atoms with E-state index >= 15 is 0 Å². The summed E-state index contributed by atoms with van der Waals surface area (Å²) in [5, 5.41) is 13.5. The number of benzene rings is 2. The summed E-state index contributed by atoms with van der Waals surface area (Å²) in [6.45, 7) is 0.137. The van der Waals surface area contributed by atoms with Gasteiger partial charge in [0.05, 0.1) is 10.5 Å². The molecule has 0 spiro atoms. The maximum absolute atomic E-state index is 12.3. The highest BCUT2D eigenvalue weighted by Gasteiger charge is 2.35. The molecule has 0 unspecified atom stereocenters. The van der Waals surface area contributed by atoms with Crippen molar-refractivity contribution < 1.29 is 18.3 Å². The van der Waals surface area contributed by atoms with Crippen molar-refractivity contribution in [1.82, 2.24) is 9.62 Å². The van der Waals surface area contributed by atoms with Gasteiger partial charge in [-0.05, 0) is 35.4 Å². The highest BCUT2D eigenvalue weighted by molar-refractivity contribution is 7.89. The third-order valence-corrected chi connectivity index (χ3v) is 6.46. The van der Waals surface area contributed by atoms with E-state index in [1.54, 1.807) is 0 Å². The van der Waals surface area contributed by atoms with E-state index in [2.05, 4.69) is 5.32 Å². The molecule has 0 saturated heterocycles. The Morgan fingerprint density at radius 2 is 1.62 bits per heavy atom. The van der Waals surface area contributed by atoms with Gasteiger partial charge in [-0.2, -0.15) is 0 Å². The van der Waals surface area contributed by atoms with E-state index in [-0.39, 0.29) is 17.3 Å². The van der Waals surface area contributed by atoms with E-state index in [4.69, 9.17) is 0 Å². The molecule has 0 aromatic heterocycles. The topological polar surface area (TPSA) is 86.7 Å². The molecular formula is C19H22N2O4S. The number of aliphatic hydroxyl groups is 1. The van der Waals surface area contributed by atoms with Gasteiger partial charge in [-0.15, -0.1) is 0 Å². The Bertz CT molecular complexity index is 896. The normalized spacial score (nSPS) is 15.7. The Hall–Kier alpha value is -2.22. The van der Waals surface area contributed by atoms with Crippen molar-refractivity contribution in [3.8, 4) is 0 Å². The smallest absolute Gasteiger partial charge is 0.251 e. The van der Waals surface area contributed by atoms with Crippen molar-refractivity contribution in [2.75, 3.05) is 20.6 Å². The Morgan fingerprint density at radius 1 is 1.08 bits per heavy atom. The number of nitrogens with zero attached hydrogens (tertiary/aromatic N) is 1. The minimum atomic E-state index is -3.52. The maximum atomic E-state index is 12.3. The van der Waals surface area contributed by atoms with Crippen molar-refractivity contribution in [2.24, 2.45) is 0 Å². The first-order valence-corrected chi connectivity index (χ1v) is 9.75. The third-order valence-electron chi connectivity index (χ3n) is 4.63. The van der Waals surface area contributed by atoms with Crippen LogP contribution in [0.4, 0.5) is 0 Å². The Labute approximate surface area is 153 Å². The molecule has 0 aliphatic heterocycles. The molecule has 1 aliphatic carbocycles. The molecule has 7 heteroatoms. The number of carbonyl (C=O) groups is 1. The minimum Gasteiger partial charge on any atom is -0.387 e. The Morgan fingerprint density at radius 3 is 2.12 bits per heavy atom. The van der Waals surface area contributed by atoms with Crippen molar-refractivity contribution in [3.05, 3.63) is 65.2 Å². The number of hydrogen-bond donors (Lipinski definition) is 2. The van der Waals surface area contributed by atoms with Gasteiger partial charge >= 0.3 is 0 Å². The largest absolute Gasteiger partial charge is 0.387 e. The van der Waals surface area contributed by atoms with Crippen LogP contribution in [0.1, 0.15) is 21.5 Å². The van der Waals surface area contributed by atoms with Gasteiger partial charge in [0.25, 0.3) is 5.91 Å². The third kappa shape index (κ3) is 3.65. The van der Waals surface area contributed by atoms with Crippen molar-refractivity contribution in [2.45, 2.75) is 23.3 Å². The number of sulfonamides is 1. The first kappa shape index (κ1) is 18.6. The second-order valence-electron chi connectivity index (χ2n) is 6.84. The Kier molecular flexibility index (Phi) is 4.88. The molecule has 0 saturated carbocycles. The predicted molar refractivity (Wildman–Crippen MR) is 98.4 cm³/mol. The van der Waals surface area contributed by atoms with Crippen molar-refractivity contribution in [3.63, 3.8) is 0 Å². The zero-order chi connectivity index (χ0) is 18.9. The molecule has 1 amide bonds. The van der Waals surface area contributed by atoms with Crippen LogP contribution >= 0.6 is 0 Å². The lowest BCUT2D eigenvalue weighted by Crippen LogP contribution is -2.43. The van der Waals surface area contributed by atoms with E-state index in [1.807, 2.05) is 24.3 Å². The number of fused-ring (bicyclic) bond motifs is 1. The molecule has 6 nitrogen and oxygen atoms in total. The number of hydrogen-bond acceptors (Lipinski definition) is 4. The van der Waals surface area contributed by atoms with Gasteiger partial charge in [0.15, 0.2) is 0 Å². The van der Waals surface area contributed by atoms with Crippen molar-refractivity contribution >= 4 is 15.9 Å². The molecule has 26 heavy (non-hydrogen) atoms. The molecule has 0 atom stereocenters. The SMILES string of the molecule is CN(C)S(=O)(=O)c1ccc(C(=O)NCC2(O)Cc3ccccc3C2)cc1. The van der Waals surface area contributed by atoms with Gasteiger partial charge in [0, 0.05) is 39.0 Å². The second-order valence-corrected chi connectivity index (χ2v) is 8.99. The summed E-state index contributed by atoms with van der Waals surface area (Å²) < 4.78 is 25.2. The predicted octanol–water partition coefficient (Wildman–Crippen LogP) is 1.20. The van der Waals surface area contributed by atoms with E-state index in [0.717, 1.165) is 15.4 Å². The molecule has 2 aromatic rings. The van der Waals surface area contributed by atoms with Crippen LogP contribution in [0.25, 0.3) is 0 Å². The molecule has 0 heterocycles. The monoisotopic (exact) mass is 374 g/mol. The van der Waals surface area contributed by atoms with Gasteiger partial charge in [0.2, 0.25) is 10.0 Å². The molecule has 0 radical (unpaired) electrons. The van der Waals surface area contributed by atoms with Crippen LogP contribution < -0.4 is 5.32 Å². The lowest BCUT2D eigenvalue weighted by molar-refractivity contribution is 0.0480. The number of rotatable bonds is 5. The fourth-order valence-corrected chi connectivity index (χ4v) is 4.04. The summed E-state index contributed by atoms with van der Waals surface area (Å²) in [6, 6.07) is 13.6.